The molecule has 0 bridgehead atoms. The Labute approximate surface area is 120 Å². The van der Waals surface area contributed by atoms with Crippen molar-refractivity contribution in [1.82, 2.24) is 0 Å². The summed E-state index contributed by atoms with van der Waals surface area (Å²) in [5.74, 6) is -0.0611. The van der Waals surface area contributed by atoms with Gasteiger partial charge in [0.25, 0.3) is 0 Å². The molecule has 1 aliphatic rings. The number of furan rings is 1. The molecular formula is C17H14N2O. The summed E-state index contributed by atoms with van der Waals surface area (Å²) in [4.78, 5) is 8.56. The normalized spacial score (nSPS) is 21.5. The van der Waals surface area contributed by atoms with Crippen LogP contribution in [0.3, 0.4) is 0 Å². The Bertz CT molecular complexity index is 953. The summed E-state index contributed by atoms with van der Waals surface area (Å²) < 4.78 is 28.1. The molecule has 1 atom stereocenters. The van der Waals surface area contributed by atoms with Crippen molar-refractivity contribution in [1.29, 1.82) is 0 Å². The highest BCUT2D eigenvalue weighted by Crippen LogP contribution is 2.29. The largest absolute Gasteiger partial charge is 0.456 e. The molecule has 1 unspecified atom stereocenters. The molecule has 3 nitrogen and oxygen atoms in total. The van der Waals surface area contributed by atoms with Crippen LogP contribution in [-0.2, 0) is 0 Å². The van der Waals surface area contributed by atoms with Crippen LogP contribution in [0.15, 0.2) is 56.9 Å². The minimum atomic E-state index is -2.05. The van der Waals surface area contributed by atoms with E-state index >= 15 is 0 Å². The topological polar surface area (TPSA) is 37.9 Å². The number of amidine groups is 1. The second kappa shape index (κ2) is 4.30. The molecule has 0 saturated heterocycles. The van der Waals surface area contributed by atoms with Gasteiger partial charge < -0.3 is 4.42 Å². The molecule has 0 spiro atoms. The SMILES string of the molecule is [2H]C([2H])([2H])C1C=NC(c2ccc3c(c2)oc2ccccc23)=NC1. The van der Waals surface area contributed by atoms with E-state index in [1.807, 2.05) is 42.5 Å². The van der Waals surface area contributed by atoms with Crippen LogP contribution in [-0.4, -0.2) is 18.6 Å². The van der Waals surface area contributed by atoms with Gasteiger partial charge in [0.2, 0.25) is 0 Å². The number of hydrogen-bond donors (Lipinski definition) is 0. The third-order valence-corrected chi connectivity index (χ3v) is 3.45. The average Bonchev–Trinajstić information content (AvgIpc) is 2.92. The fourth-order valence-corrected chi connectivity index (χ4v) is 2.46. The lowest BCUT2D eigenvalue weighted by atomic mass is 10.1. The van der Waals surface area contributed by atoms with Crippen LogP contribution in [0.5, 0.6) is 0 Å². The Morgan fingerprint density at radius 3 is 2.90 bits per heavy atom. The zero-order valence-electron chi connectivity index (χ0n) is 13.7. The second-order valence-corrected chi connectivity index (χ2v) is 4.86. The van der Waals surface area contributed by atoms with E-state index in [-0.39, 0.29) is 6.54 Å². The molecule has 0 fully saturated rings. The molecule has 3 heteroatoms. The van der Waals surface area contributed by atoms with E-state index in [0.717, 1.165) is 27.5 Å². The van der Waals surface area contributed by atoms with Crippen LogP contribution in [0.25, 0.3) is 21.9 Å². The summed E-state index contributed by atoms with van der Waals surface area (Å²) in [5.41, 5.74) is 2.45. The lowest BCUT2D eigenvalue weighted by Gasteiger charge is -2.10. The number of hydrogen-bond acceptors (Lipinski definition) is 3. The van der Waals surface area contributed by atoms with E-state index in [0.29, 0.717) is 5.84 Å². The van der Waals surface area contributed by atoms with Crippen LogP contribution in [0.4, 0.5) is 0 Å². The Kier molecular flexibility index (Phi) is 1.87. The fraction of sp³-hybridized carbons (Fsp3) is 0.176. The Morgan fingerprint density at radius 1 is 1.15 bits per heavy atom. The first-order valence-corrected chi connectivity index (χ1v) is 6.53. The monoisotopic (exact) mass is 265 g/mol. The van der Waals surface area contributed by atoms with E-state index in [1.165, 1.54) is 6.21 Å². The Morgan fingerprint density at radius 2 is 2.05 bits per heavy atom. The first kappa shape index (κ1) is 8.69. The van der Waals surface area contributed by atoms with Crippen molar-refractivity contribution in [3.05, 3.63) is 48.0 Å². The third-order valence-electron chi connectivity index (χ3n) is 3.45. The summed E-state index contributed by atoms with van der Waals surface area (Å²) in [7, 11) is 0. The highest BCUT2D eigenvalue weighted by molar-refractivity contribution is 6.10. The standard InChI is InChI=1S/C17H14N2O/c1-11-9-18-17(19-10-11)12-6-7-14-13-4-2-3-5-15(13)20-16(14)8-12/h2-9,11H,10H2,1H3/i1D3. The van der Waals surface area contributed by atoms with Gasteiger partial charge in [-0.05, 0) is 18.2 Å². The van der Waals surface area contributed by atoms with Gasteiger partial charge in [-0.1, -0.05) is 31.1 Å². The molecule has 0 aliphatic carbocycles. The van der Waals surface area contributed by atoms with Gasteiger partial charge in [0.05, 0.1) is 0 Å². The van der Waals surface area contributed by atoms with Gasteiger partial charge in [-0.25, -0.2) is 4.99 Å². The fourth-order valence-electron chi connectivity index (χ4n) is 2.46. The van der Waals surface area contributed by atoms with Gasteiger partial charge in [0.15, 0.2) is 5.84 Å². The van der Waals surface area contributed by atoms with Crippen LogP contribution in [0.2, 0.25) is 0 Å². The average molecular weight is 265 g/mol. The minimum Gasteiger partial charge on any atom is -0.456 e. The summed E-state index contributed by atoms with van der Waals surface area (Å²) in [6.07, 6.45) is 1.48. The number of nitrogens with zero attached hydrogens (tertiary/aromatic N) is 2. The molecular weight excluding hydrogens is 248 g/mol. The van der Waals surface area contributed by atoms with Gasteiger partial charge in [0, 0.05) is 39.1 Å². The lowest BCUT2D eigenvalue weighted by molar-refractivity contribution is 0.669. The maximum atomic E-state index is 7.42. The minimum absolute atomic E-state index is 0.230. The van der Waals surface area contributed by atoms with Crippen LogP contribution < -0.4 is 0 Å². The van der Waals surface area contributed by atoms with Gasteiger partial charge in [-0.2, -0.15) is 0 Å². The summed E-state index contributed by atoms with van der Waals surface area (Å²) in [6, 6.07) is 13.7. The van der Waals surface area contributed by atoms with Crippen molar-refractivity contribution in [2.75, 3.05) is 6.54 Å². The predicted octanol–water partition coefficient (Wildman–Crippen LogP) is 4.05. The molecule has 1 aromatic heterocycles. The quantitative estimate of drug-likeness (QED) is 0.654. The zero-order chi connectivity index (χ0) is 16.0. The van der Waals surface area contributed by atoms with Crippen molar-refractivity contribution in [2.45, 2.75) is 6.85 Å². The summed E-state index contributed by atoms with van der Waals surface area (Å²) >= 11 is 0. The maximum Gasteiger partial charge on any atom is 0.154 e. The number of para-hydroxylation sites is 1. The third kappa shape index (κ3) is 1.74. The predicted molar refractivity (Wildman–Crippen MR) is 82.8 cm³/mol. The van der Waals surface area contributed by atoms with Crippen LogP contribution >= 0.6 is 0 Å². The molecule has 3 aromatic rings. The van der Waals surface area contributed by atoms with Crippen LogP contribution in [0, 0.1) is 5.92 Å². The molecule has 98 valence electrons. The number of rotatable bonds is 1. The summed E-state index contributed by atoms with van der Waals surface area (Å²) in [5, 5.41) is 2.12. The van der Waals surface area contributed by atoms with E-state index in [4.69, 9.17) is 8.53 Å². The first-order valence-electron chi connectivity index (χ1n) is 8.03. The maximum absolute atomic E-state index is 7.42. The van der Waals surface area contributed by atoms with Crippen molar-refractivity contribution >= 4 is 34.0 Å². The van der Waals surface area contributed by atoms with Gasteiger partial charge in [0.1, 0.15) is 11.2 Å². The molecule has 2 aromatic carbocycles. The Balaban J connectivity index is 1.72. The van der Waals surface area contributed by atoms with Crippen molar-refractivity contribution in [3.63, 3.8) is 0 Å². The smallest absolute Gasteiger partial charge is 0.154 e. The first-order chi connectivity index (χ1) is 11.0. The zero-order valence-corrected chi connectivity index (χ0v) is 10.7. The molecule has 4 rings (SSSR count). The second-order valence-electron chi connectivity index (χ2n) is 4.86. The van der Waals surface area contributed by atoms with Gasteiger partial charge >= 0.3 is 0 Å². The van der Waals surface area contributed by atoms with E-state index in [2.05, 4.69) is 9.98 Å². The van der Waals surface area contributed by atoms with E-state index in [9.17, 15) is 0 Å². The molecule has 0 amide bonds. The van der Waals surface area contributed by atoms with Crippen molar-refractivity contribution < 1.29 is 8.53 Å². The van der Waals surface area contributed by atoms with E-state index in [1.54, 1.807) is 0 Å². The van der Waals surface area contributed by atoms with Crippen molar-refractivity contribution in [3.8, 4) is 0 Å². The Hall–Kier alpha value is -2.42. The highest BCUT2D eigenvalue weighted by Gasteiger charge is 2.11. The lowest BCUT2D eigenvalue weighted by Crippen LogP contribution is -2.12. The molecule has 0 radical (unpaired) electrons. The van der Waals surface area contributed by atoms with Crippen molar-refractivity contribution in [2.24, 2.45) is 15.9 Å². The molecule has 20 heavy (non-hydrogen) atoms. The molecule has 2 heterocycles. The van der Waals surface area contributed by atoms with Gasteiger partial charge in [-0.15, -0.1) is 0 Å². The summed E-state index contributed by atoms with van der Waals surface area (Å²) in [6.45, 7) is -1.82. The molecule has 0 N–H and O–H groups in total. The number of aliphatic imine (C=N–C) groups is 2. The number of fused-ring (bicyclic) bond motifs is 3. The van der Waals surface area contributed by atoms with Crippen LogP contribution in [0.1, 0.15) is 16.5 Å². The molecule has 0 saturated carbocycles. The highest BCUT2D eigenvalue weighted by atomic mass is 16.3. The molecule has 1 aliphatic heterocycles. The number of benzene rings is 2. The van der Waals surface area contributed by atoms with E-state index < -0.39 is 12.8 Å². The van der Waals surface area contributed by atoms with Gasteiger partial charge in [-0.3, -0.25) is 4.99 Å².